The zero-order valence-corrected chi connectivity index (χ0v) is 14.5. The highest BCUT2D eigenvalue weighted by molar-refractivity contribution is 5.85. The number of likely N-dealkylation sites (tertiary alicyclic amines) is 1. The van der Waals surface area contributed by atoms with E-state index < -0.39 is 0 Å². The minimum atomic E-state index is -0.198. The average Bonchev–Trinajstić information content (AvgIpc) is 3.07. The first-order valence-electron chi connectivity index (χ1n) is 8.65. The van der Waals surface area contributed by atoms with E-state index >= 15 is 0 Å². The second kappa shape index (κ2) is 6.03. The third-order valence-corrected chi connectivity index (χ3v) is 5.28. The number of rotatable bonds is 2. The Morgan fingerprint density at radius 1 is 1.16 bits per heavy atom. The SMILES string of the molecule is Cc1ccc(F)c2ccn(-c3cccc(C4CCN(C)C(=O)C4)c3)c12. The number of carbonyl (C=O) groups is 1. The lowest BCUT2D eigenvalue weighted by atomic mass is 9.89. The molecule has 1 fully saturated rings. The molecule has 128 valence electrons. The summed E-state index contributed by atoms with van der Waals surface area (Å²) in [7, 11) is 1.86. The Labute approximate surface area is 146 Å². The van der Waals surface area contributed by atoms with E-state index in [0.717, 1.165) is 29.7 Å². The number of nitrogens with zero attached hydrogens (tertiary/aromatic N) is 2. The Kier molecular flexibility index (Phi) is 3.83. The van der Waals surface area contributed by atoms with Crippen LogP contribution < -0.4 is 0 Å². The van der Waals surface area contributed by atoms with Crippen molar-refractivity contribution < 1.29 is 9.18 Å². The monoisotopic (exact) mass is 336 g/mol. The van der Waals surface area contributed by atoms with Gasteiger partial charge in [-0.3, -0.25) is 4.79 Å². The third kappa shape index (κ3) is 2.72. The van der Waals surface area contributed by atoms with Crippen molar-refractivity contribution in [3.05, 3.63) is 65.6 Å². The van der Waals surface area contributed by atoms with Gasteiger partial charge in [-0.05, 0) is 54.7 Å². The average molecular weight is 336 g/mol. The number of hydrogen-bond acceptors (Lipinski definition) is 1. The van der Waals surface area contributed by atoms with E-state index in [2.05, 4.69) is 12.1 Å². The van der Waals surface area contributed by atoms with E-state index in [1.54, 1.807) is 4.90 Å². The molecular formula is C21H21FN2O. The summed E-state index contributed by atoms with van der Waals surface area (Å²) in [5.74, 6) is 0.255. The van der Waals surface area contributed by atoms with Crippen molar-refractivity contribution in [2.75, 3.05) is 13.6 Å². The summed E-state index contributed by atoms with van der Waals surface area (Å²) in [4.78, 5) is 13.8. The molecular weight excluding hydrogens is 315 g/mol. The molecule has 3 aromatic rings. The normalized spacial score (nSPS) is 18.1. The number of piperidine rings is 1. The lowest BCUT2D eigenvalue weighted by Crippen LogP contribution is -2.34. The maximum absolute atomic E-state index is 14.1. The summed E-state index contributed by atoms with van der Waals surface area (Å²) in [6, 6.07) is 13.4. The number of benzene rings is 2. The fourth-order valence-electron chi connectivity index (χ4n) is 3.77. The first-order chi connectivity index (χ1) is 12.0. The van der Waals surface area contributed by atoms with Crippen molar-refractivity contribution in [1.82, 2.24) is 9.47 Å². The van der Waals surface area contributed by atoms with Gasteiger partial charge in [-0.25, -0.2) is 4.39 Å². The van der Waals surface area contributed by atoms with Crippen LogP contribution in [0.15, 0.2) is 48.7 Å². The van der Waals surface area contributed by atoms with E-state index in [4.69, 9.17) is 0 Å². The van der Waals surface area contributed by atoms with E-state index in [1.807, 2.05) is 49.0 Å². The smallest absolute Gasteiger partial charge is 0.222 e. The molecule has 4 heteroatoms. The topological polar surface area (TPSA) is 25.2 Å². The third-order valence-electron chi connectivity index (χ3n) is 5.28. The van der Waals surface area contributed by atoms with Gasteiger partial charge in [0, 0.05) is 37.3 Å². The van der Waals surface area contributed by atoms with Gasteiger partial charge in [0.05, 0.1) is 5.52 Å². The van der Waals surface area contributed by atoms with E-state index in [9.17, 15) is 9.18 Å². The molecule has 1 saturated heterocycles. The fourth-order valence-corrected chi connectivity index (χ4v) is 3.77. The number of aryl methyl sites for hydroxylation is 1. The Morgan fingerprint density at radius 3 is 2.80 bits per heavy atom. The predicted molar refractivity (Wildman–Crippen MR) is 97.6 cm³/mol. The van der Waals surface area contributed by atoms with Crippen LogP contribution in [0.1, 0.15) is 29.9 Å². The molecule has 0 N–H and O–H groups in total. The zero-order valence-electron chi connectivity index (χ0n) is 14.5. The highest BCUT2D eigenvalue weighted by atomic mass is 19.1. The van der Waals surface area contributed by atoms with E-state index in [0.29, 0.717) is 11.8 Å². The molecule has 1 unspecified atom stereocenters. The maximum atomic E-state index is 14.1. The van der Waals surface area contributed by atoms with Crippen LogP contribution in [0.5, 0.6) is 0 Å². The van der Waals surface area contributed by atoms with Crippen LogP contribution in [0, 0.1) is 12.7 Å². The van der Waals surface area contributed by atoms with Gasteiger partial charge in [-0.15, -0.1) is 0 Å². The quantitative estimate of drug-likeness (QED) is 0.680. The number of carbonyl (C=O) groups excluding carboxylic acids is 1. The Hall–Kier alpha value is -2.62. The molecule has 1 aliphatic heterocycles. The summed E-state index contributed by atoms with van der Waals surface area (Å²) >= 11 is 0. The molecule has 1 amide bonds. The van der Waals surface area contributed by atoms with E-state index in [1.165, 1.54) is 11.6 Å². The summed E-state index contributed by atoms with van der Waals surface area (Å²) in [5, 5.41) is 0.639. The summed E-state index contributed by atoms with van der Waals surface area (Å²) < 4.78 is 16.1. The van der Waals surface area contributed by atoms with Crippen LogP contribution in [0.25, 0.3) is 16.6 Å². The number of hydrogen-bond donors (Lipinski definition) is 0. The van der Waals surface area contributed by atoms with Crippen LogP contribution in [-0.4, -0.2) is 29.0 Å². The predicted octanol–water partition coefficient (Wildman–Crippen LogP) is 4.41. The minimum Gasteiger partial charge on any atom is -0.346 e. The Bertz CT molecular complexity index is 960. The molecule has 0 aliphatic carbocycles. The first-order valence-corrected chi connectivity index (χ1v) is 8.65. The number of amides is 1. The molecule has 4 rings (SSSR count). The van der Waals surface area contributed by atoms with Crippen molar-refractivity contribution in [2.45, 2.75) is 25.7 Å². The van der Waals surface area contributed by atoms with Gasteiger partial charge in [-0.1, -0.05) is 18.2 Å². The first kappa shape index (κ1) is 15.9. The second-order valence-corrected chi connectivity index (χ2v) is 6.91. The van der Waals surface area contributed by atoms with Crippen LogP contribution in [0.4, 0.5) is 4.39 Å². The Balaban J connectivity index is 1.76. The highest BCUT2D eigenvalue weighted by Crippen LogP contribution is 2.31. The summed E-state index contributed by atoms with van der Waals surface area (Å²) in [6.45, 7) is 2.79. The molecule has 25 heavy (non-hydrogen) atoms. The molecule has 0 spiro atoms. The van der Waals surface area contributed by atoms with Gasteiger partial charge >= 0.3 is 0 Å². The minimum absolute atomic E-state index is 0.198. The summed E-state index contributed by atoms with van der Waals surface area (Å²) in [6.07, 6.45) is 3.45. The lowest BCUT2D eigenvalue weighted by molar-refractivity contribution is -0.132. The lowest BCUT2D eigenvalue weighted by Gasteiger charge is -2.29. The van der Waals surface area contributed by atoms with Gasteiger partial charge in [-0.2, -0.15) is 0 Å². The van der Waals surface area contributed by atoms with Crippen LogP contribution >= 0.6 is 0 Å². The van der Waals surface area contributed by atoms with Crippen molar-refractivity contribution in [2.24, 2.45) is 0 Å². The standard InChI is InChI=1S/C21H21FN2O/c1-14-6-7-19(22)18-9-11-24(21(14)18)17-5-3-4-15(12-17)16-8-10-23(2)20(25)13-16/h3-7,9,11-12,16H,8,10,13H2,1-2H3. The molecule has 1 aliphatic rings. The second-order valence-electron chi connectivity index (χ2n) is 6.91. The highest BCUT2D eigenvalue weighted by Gasteiger charge is 2.24. The van der Waals surface area contributed by atoms with Gasteiger partial charge in [0.1, 0.15) is 5.82 Å². The molecule has 2 aromatic carbocycles. The zero-order chi connectivity index (χ0) is 17.6. The number of halogens is 1. The van der Waals surface area contributed by atoms with Crippen molar-refractivity contribution in [3.63, 3.8) is 0 Å². The molecule has 0 bridgehead atoms. The number of fused-ring (bicyclic) bond motifs is 1. The Morgan fingerprint density at radius 2 is 2.00 bits per heavy atom. The van der Waals surface area contributed by atoms with Crippen molar-refractivity contribution >= 4 is 16.8 Å². The summed E-state index contributed by atoms with van der Waals surface area (Å²) in [5.41, 5.74) is 4.13. The molecule has 0 saturated carbocycles. The van der Waals surface area contributed by atoms with Crippen molar-refractivity contribution in [1.29, 1.82) is 0 Å². The van der Waals surface area contributed by atoms with Gasteiger partial charge < -0.3 is 9.47 Å². The molecule has 0 radical (unpaired) electrons. The van der Waals surface area contributed by atoms with Gasteiger partial charge in [0.2, 0.25) is 5.91 Å². The maximum Gasteiger partial charge on any atom is 0.222 e. The molecule has 1 atom stereocenters. The largest absolute Gasteiger partial charge is 0.346 e. The van der Waals surface area contributed by atoms with E-state index in [-0.39, 0.29) is 17.6 Å². The molecule has 2 heterocycles. The molecule has 1 aromatic heterocycles. The molecule has 3 nitrogen and oxygen atoms in total. The van der Waals surface area contributed by atoms with Gasteiger partial charge in [0.25, 0.3) is 0 Å². The van der Waals surface area contributed by atoms with Crippen molar-refractivity contribution in [3.8, 4) is 5.69 Å². The van der Waals surface area contributed by atoms with Crippen LogP contribution in [0.2, 0.25) is 0 Å². The fraction of sp³-hybridized carbons (Fsp3) is 0.286. The van der Waals surface area contributed by atoms with Gasteiger partial charge in [0.15, 0.2) is 0 Å². The van der Waals surface area contributed by atoms with Crippen LogP contribution in [0.3, 0.4) is 0 Å². The number of aromatic nitrogens is 1. The van der Waals surface area contributed by atoms with Crippen LogP contribution in [-0.2, 0) is 4.79 Å².